The van der Waals surface area contributed by atoms with Crippen molar-refractivity contribution in [2.45, 2.75) is 26.5 Å². The molecule has 0 aromatic heterocycles. The lowest BCUT2D eigenvalue weighted by Crippen LogP contribution is -2.25. The van der Waals surface area contributed by atoms with Gasteiger partial charge in [-0.2, -0.15) is 8.78 Å². The summed E-state index contributed by atoms with van der Waals surface area (Å²) in [5.74, 6) is 0.0498. The highest BCUT2D eigenvalue weighted by Crippen LogP contribution is 2.22. The smallest absolute Gasteiger partial charge is 0.387 e. The maximum Gasteiger partial charge on any atom is 0.387 e. The van der Waals surface area contributed by atoms with E-state index in [-0.39, 0.29) is 30.4 Å². The third-order valence-electron chi connectivity index (χ3n) is 3.70. The SMILES string of the molecule is COc1ccc(C(C)=O)cc1CC(=O)NCc1ccccc1OC(F)F. The highest BCUT2D eigenvalue weighted by molar-refractivity contribution is 5.94. The zero-order valence-electron chi connectivity index (χ0n) is 14.4. The molecule has 138 valence electrons. The lowest BCUT2D eigenvalue weighted by molar-refractivity contribution is -0.120. The van der Waals surface area contributed by atoms with Crippen LogP contribution in [0.2, 0.25) is 0 Å². The largest absolute Gasteiger partial charge is 0.496 e. The van der Waals surface area contributed by atoms with E-state index in [1.54, 1.807) is 36.4 Å². The van der Waals surface area contributed by atoms with Gasteiger partial charge in [0.05, 0.1) is 13.5 Å². The number of ketones is 1. The number of rotatable bonds is 8. The second kappa shape index (κ2) is 8.94. The number of para-hydroxylation sites is 1. The Morgan fingerprint density at radius 1 is 1.08 bits per heavy atom. The Hall–Kier alpha value is -2.96. The summed E-state index contributed by atoms with van der Waals surface area (Å²) >= 11 is 0. The van der Waals surface area contributed by atoms with Gasteiger partial charge in [-0.3, -0.25) is 9.59 Å². The molecule has 2 rings (SSSR count). The van der Waals surface area contributed by atoms with Crippen LogP contribution >= 0.6 is 0 Å². The van der Waals surface area contributed by atoms with Crippen molar-refractivity contribution < 1.29 is 27.8 Å². The van der Waals surface area contributed by atoms with Gasteiger partial charge in [0.2, 0.25) is 5.91 Å². The first-order valence-corrected chi connectivity index (χ1v) is 7.88. The van der Waals surface area contributed by atoms with Crippen LogP contribution in [0.5, 0.6) is 11.5 Å². The zero-order valence-corrected chi connectivity index (χ0v) is 14.4. The maximum absolute atomic E-state index is 12.4. The van der Waals surface area contributed by atoms with Gasteiger partial charge >= 0.3 is 6.61 Å². The Bertz CT molecular complexity index is 793. The average molecular weight is 363 g/mol. The number of ether oxygens (including phenoxy) is 2. The second-order valence-electron chi connectivity index (χ2n) is 5.52. The Labute approximate surface area is 149 Å². The van der Waals surface area contributed by atoms with Gasteiger partial charge in [-0.25, -0.2) is 0 Å². The number of carbonyl (C=O) groups is 2. The van der Waals surface area contributed by atoms with E-state index < -0.39 is 6.61 Å². The standard InChI is InChI=1S/C19H19F2NO4/c1-12(23)13-7-8-16(25-2)15(9-13)10-18(24)22-11-14-5-3-4-6-17(14)26-19(20)21/h3-9,19H,10-11H2,1-2H3,(H,22,24). The highest BCUT2D eigenvalue weighted by atomic mass is 19.3. The summed E-state index contributed by atoms with van der Waals surface area (Å²) in [7, 11) is 1.47. The van der Waals surface area contributed by atoms with Crippen molar-refractivity contribution in [3.05, 3.63) is 59.2 Å². The van der Waals surface area contributed by atoms with Gasteiger partial charge in [-0.1, -0.05) is 18.2 Å². The van der Waals surface area contributed by atoms with E-state index in [0.29, 0.717) is 22.4 Å². The normalized spacial score (nSPS) is 10.5. The molecule has 0 aliphatic heterocycles. The number of halogens is 2. The molecule has 0 fully saturated rings. The summed E-state index contributed by atoms with van der Waals surface area (Å²) in [5, 5.41) is 2.66. The molecule has 2 aromatic carbocycles. The molecule has 1 N–H and O–H groups in total. The lowest BCUT2D eigenvalue weighted by Gasteiger charge is -2.13. The molecule has 0 spiro atoms. The number of benzene rings is 2. The van der Waals surface area contributed by atoms with Gasteiger partial charge in [0.15, 0.2) is 5.78 Å². The molecule has 0 atom stereocenters. The molecule has 0 radical (unpaired) electrons. The molecule has 26 heavy (non-hydrogen) atoms. The van der Waals surface area contributed by atoms with Crippen LogP contribution in [-0.4, -0.2) is 25.4 Å². The van der Waals surface area contributed by atoms with Crippen LogP contribution in [0.1, 0.15) is 28.4 Å². The summed E-state index contributed by atoms with van der Waals surface area (Å²) in [6.45, 7) is -1.47. The summed E-state index contributed by atoms with van der Waals surface area (Å²) < 4.78 is 34.5. The maximum atomic E-state index is 12.4. The Balaban J connectivity index is 2.06. The van der Waals surface area contributed by atoms with Crippen molar-refractivity contribution in [3.8, 4) is 11.5 Å². The van der Waals surface area contributed by atoms with Gasteiger partial charge < -0.3 is 14.8 Å². The molecule has 7 heteroatoms. The van der Waals surface area contributed by atoms with E-state index in [1.807, 2.05) is 0 Å². The van der Waals surface area contributed by atoms with Gasteiger partial charge in [0.1, 0.15) is 11.5 Å². The summed E-state index contributed by atoms with van der Waals surface area (Å²) in [5.41, 5.74) is 1.48. The van der Waals surface area contributed by atoms with Crippen molar-refractivity contribution >= 4 is 11.7 Å². The molecule has 0 aliphatic rings. The van der Waals surface area contributed by atoms with Crippen molar-refractivity contribution in [1.82, 2.24) is 5.32 Å². The predicted octanol–water partition coefficient (Wildman–Crippen LogP) is 3.36. The molecular weight excluding hydrogens is 344 g/mol. The fourth-order valence-corrected chi connectivity index (χ4v) is 2.43. The number of methoxy groups -OCH3 is 1. The molecule has 0 heterocycles. The van der Waals surface area contributed by atoms with Crippen LogP contribution in [0, 0.1) is 0 Å². The fraction of sp³-hybridized carbons (Fsp3) is 0.263. The summed E-state index contributed by atoms with van der Waals surface area (Å²) in [6.07, 6.45) is -0.0117. The van der Waals surface area contributed by atoms with Crippen LogP contribution in [0.25, 0.3) is 0 Å². The minimum Gasteiger partial charge on any atom is -0.496 e. The predicted molar refractivity (Wildman–Crippen MR) is 91.6 cm³/mol. The first-order valence-electron chi connectivity index (χ1n) is 7.88. The van der Waals surface area contributed by atoms with Crippen LogP contribution in [-0.2, 0) is 17.8 Å². The molecular formula is C19H19F2NO4. The monoisotopic (exact) mass is 363 g/mol. The number of hydrogen-bond donors (Lipinski definition) is 1. The van der Waals surface area contributed by atoms with E-state index in [2.05, 4.69) is 10.1 Å². The number of carbonyl (C=O) groups excluding carboxylic acids is 2. The van der Waals surface area contributed by atoms with Gasteiger partial charge in [0.25, 0.3) is 0 Å². The van der Waals surface area contributed by atoms with Crippen LogP contribution in [0.3, 0.4) is 0 Å². The molecule has 1 amide bonds. The van der Waals surface area contributed by atoms with Crippen molar-refractivity contribution in [2.24, 2.45) is 0 Å². The zero-order chi connectivity index (χ0) is 19.1. The third-order valence-corrected chi connectivity index (χ3v) is 3.70. The molecule has 0 aliphatic carbocycles. The van der Waals surface area contributed by atoms with Crippen molar-refractivity contribution in [2.75, 3.05) is 7.11 Å². The van der Waals surface area contributed by atoms with E-state index in [0.717, 1.165) is 0 Å². The topological polar surface area (TPSA) is 64.6 Å². The Morgan fingerprint density at radius 3 is 2.46 bits per heavy atom. The molecule has 5 nitrogen and oxygen atoms in total. The molecule has 0 unspecified atom stereocenters. The number of Topliss-reactive ketones (excluding diaryl/α,β-unsaturated/α-hetero) is 1. The second-order valence-corrected chi connectivity index (χ2v) is 5.52. The van der Waals surface area contributed by atoms with Crippen LogP contribution < -0.4 is 14.8 Å². The molecule has 0 saturated heterocycles. The minimum atomic E-state index is -2.94. The first-order chi connectivity index (χ1) is 12.4. The molecule has 0 bridgehead atoms. The Kier molecular flexibility index (Phi) is 6.66. The number of alkyl halides is 2. The van der Waals surface area contributed by atoms with Gasteiger partial charge in [-0.15, -0.1) is 0 Å². The van der Waals surface area contributed by atoms with Gasteiger partial charge in [0, 0.05) is 23.2 Å². The summed E-state index contributed by atoms with van der Waals surface area (Å²) in [6, 6.07) is 11.1. The highest BCUT2D eigenvalue weighted by Gasteiger charge is 2.13. The lowest BCUT2D eigenvalue weighted by atomic mass is 10.0. The Morgan fingerprint density at radius 2 is 1.81 bits per heavy atom. The van der Waals surface area contributed by atoms with Gasteiger partial charge in [-0.05, 0) is 31.2 Å². The molecule has 2 aromatic rings. The summed E-state index contributed by atoms with van der Waals surface area (Å²) in [4.78, 5) is 23.7. The molecule has 0 saturated carbocycles. The number of hydrogen-bond acceptors (Lipinski definition) is 4. The van der Waals surface area contributed by atoms with Crippen molar-refractivity contribution in [1.29, 1.82) is 0 Å². The fourth-order valence-electron chi connectivity index (χ4n) is 2.43. The van der Waals surface area contributed by atoms with E-state index in [1.165, 1.54) is 20.1 Å². The van der Waals surface area contributed by atoms with Crippen LogP contribution in [0.4, 0.5) is 8.78 Å². The number of amides is 1. The third kappa shape index (κ3) is 5.27. The van der Waals surface area contributed by atoms with E-state index in [9.17, 15) is 18.4 Å². The quantitative estimate of drug-likeness (QED) is 0.731. The van der Waals surface area contributed by atoms with E-state index >= 15 is 0 Å². The van der Waals surface area contributed by atoms with Crippen molar-refractivity contribution in [3.63, 3.8) is 0 Å². The number of nitrogens with one attached hydrogen (secondary N) is 1. The van der Waals surface area contributed by atoms with E-state index in [4.69, 9.17) is 4.74 Å². The minimum absolute atomic E-state index is 0.0117. The first kappa shape index (κ1) is 19.4. The average Bonchev–Trinajstić information content (AvgIpc) is 2.60. The van der Waals surface area contributed by atoms with Crippen LogP contribution in [0.15, 0.2) is 42.5 Å².